The van der Waals surface area contributed by atoms with Gasteiger partial charge < -0.3 is 24.8 Å². The number of benzene rings is 2. The van der Waals surface area contributed by atoms with Crippen molar-refractivity contribution < 1.29 is 14.2 Å². The first-order valence-corrected chi connectivity index (χ1v) is 13.2. The second kappa shape index (κ2) is 11.7. The minimum Gasteiger partial charge on any atom is -0.493 e. The molecule has 2 N–H and O–H groups in total. The molecule has 1 aliphatic carbocycles. The summed E-state index contributed by atoms with van der Waals surface area (Å²) in [5.41, 5.74) is 4.61. The molecule has 6 nitrogen and oxygen atoms in total. The van der Waals surface area contributed by atoms with Crippen LogP contribution in [0.5, 0.6) is 17.2 Å². The molecular weight excluding hydrogens is 492 g/mol. The van der Waals surface area contributed by atoms with E-state index in [-0.39, 0.29) is 11.5 Å². The third-order valence-electron chi connectivity index (χ3n) is 6.14. The first kappa shape index (κ1) is 25.9. The summed E-state index contributed by atoms with van der Waals surface area (Å²) in [6, 6.07) is 17.2. The van der Waals surface area contributed by atoms with Gasteiger partial charge >= 0.3 is 0 Å². The van der Waals surface area contributed by atoms with Crippen LogP contribution in [0.3, 0.4) is 0 Å². The molecule has 0 unspecified atom stereocenters. The van der Waals surface area contributed by atoms with E-state index in [0.717, 1.165) is 46.5 Å². The van der Waals surface area contributed by atoms with E-state index in [2.05, 4.69) is 10.6 Å². The Hall–Kier alpha value is -3.23. The zero-order valence-corrected chi connectivity index (χ0v) is 22.5. The van der Waals surface area contributed by atoms with Crippen molar-refractivity contribution in [3.8, 4) is 28.4 Å². The van der Waals surface area contributed by atoms with E-state index in [0.29, 0.717) is 27.3 Å². The van der Waals surface area contributed by atoms with Crippen molar-refractivity contribution in [1.82, 2.24) is 5.32 Å². The van der Waals surface area contributed by atoms with Crippen LogP contribution < -0.4 is 30.3 Å². The van der Waals surface area contributed by atoms with Crippen LogP contribution in [-0.4, -0.2) is 32.2 Å². The second-order valence-corrected chi connectivity index (χ2v) is 9.96. The number of aryl methyl sites for hydroxylation is 1. The molecule has 0 bridgehead atoms. The van der Waals surface area contributed by atoms with E-state index in [9.17, 15) is 4.79 Å². The molecule has 4 rings (SSSR count). The Labute approximate surface area is 221 Å². The minimum absolute atomic E-state index is 0.0141. The van der Waals surface area contributed by atoms with Crippen LogP contribution >= 0.6 is 24.0 Å². The van der Waals surface area contributed by atoms with Gasteiger partial charge in [-0.1, -0.05) is 31.2 Å². The van der Waals surface area contributed by atoms with Gasteiger partial charge in [-0.25, -0.2) is 0 Å². The monoisotopic (exact) mass is 522 g/mol. The summed E-state index contributed by atoms with van der Waals surface area (Å²) < 4.78 is 17.2. The van der Waals surface area contributed by atoms with Crippen molar-refractivity contribution in [1.29, 1.82) is 0 Å². The molecule has 0 saturated heterocycles. The molecule has 0 radical (unpaired) electrons. The molecule has 0 aliphatic heterocycles. The molecule has 0 aromatic heterocycles. The highest BCUT2D eigenvalue weighted by atomic mass is 32.2. The van der Waals surface area contributed by atoms with Gasteiger partial charge in [0, 0.05) is 11.3 Å². The summed E-state index contributed by atoms with van der Waals surface area (Å²) in [5, 5.41) is 7.20. The zero-order valence-electron chi connectivity index (χ0n) is 20.8. The highest BCUT2D eigenvalue weighted by Gasteiger charge is 2.29. The number of methoxy groups -OCH3 is 3. The average molecular weight is 523 g/mol. The van der Waals surface area contributed by atoms with Crippen LogP contribution in [0.25, 0.3) is 11.1 Å². The van der Waals surface area contributed by atoms with Crippen molar-refractivity contribution in [2.45, 2.75) is 30.7 Å². The second-order valence-electron chi connectivity index (χ2n) is 8.24. The molecule has 188 valence electrons. The van der Waals surface area contributed by atoms with Gasteiger partial charge in [0.15, 0.2) is 22.0 Å². The van der Waals surface area contributed by atoms with Gasteiger partial charge in [0.25, 0.3) is 0 Å². The smallest absolute Gasteiger partial charge is 0.203 e. The quantitative estimate of drug-likeness (QED) is 0.297. The predicted molar refractivity (Wildman–Crippen MR) is 151 cm³/mol. The van der Waals surface area contributed by atoms with Crippen molar-refractivity contribution >= 4 is 34.8 Å². The number of rotatable bonds is 7. The molecule has 1 atom stereocenters. The third-order valence-corrected chi connectivity index (χ3v) is 7.29. The number of anilines is 1. The molecule has 0 saturated carbocycles. The van der Waals surface area contributed by atoms with E-state index in [1.165, 1.54) is 11.8 Å². The number of ether oxygens (including phenoxy) is 3. The molecule has 0 fully saturated rings. The van der Waals surface area contributed by atoms with E-state index < -0.39 is 0 Å². The third kappa shape index (κ3) is 5.29. The number of nitrogens with one attached hydrogen (secondary N) is 2. The molecular formula is C28H30N2O4S2. The summed E-state index contributed by atoms with van der Waals surface area (Å²) >= 11 is 7.20. The first-order chi connectivity index (χ1) is 17.5. The van der Waals surface area contributed by atoms with E-state index in [1.54, 1.807) is 27.4 Å². The van der Waals surface area contributed by atoms with E-state index >= 15 is 0 Å². The lowest BCUT2D eigenvalue weighted by atomic mass is 9.95. The van der Waals surface area contributed by atoms with Crippen LogP contribution in [-0.2, 0) is 6.42 Å². The number of fused-ring (bicyclic) bond motifs is 3. The molecule has 1 aliphatic rings. The van der Waals surface area contributed by atoms with E-state index in [4.69, 9.17) is 26.4 Å². The normalized spacial score (nSPS) is 14.1. The Morgan fingerprint density at radius 2 is 1.78 bits per heavy atom. The number of para-hydroxylation sites is 1. The summed E-state index contributed by atoms with van der Waals surface area (Å²) in [5.74, 6) is 2.52. The Kier molecular flexibility index (Phi) is 8.38. The van der Waals surface area contributed by atoms with Gasteiger partial charge in [-0.15, -0.1) is 11.8 Å². The molecule has 0 heterocycles. The molecule has 3 aromatic rings. The van der Waals surface area contributed by atoms with Gasteiger partial charge in [0.1, 0.15) is 0 Å². The summed E-state index contributed by atoms with van der Waals surface area (Å²) in [4.78, 5) is 13.9. The maximum Gasteiger partial charge on any atom is 0.203 e. The van der Waals surface area contributed by atoms with E-state index in [1.807, 2.05) is 55.5 Å². The molecule has 0 amide bonds. The molecule has 3 aromatic carbocycles. The molecule has 0 spiro atoms. The Bertz CT molecular complexity index is 1320. The van der Waals surface area contributed by atoms with Gasteiger partial charge in [0.2, 0.25) is 5.75 Å². The maximum atomic E-state index is 13.2. The van der Waals surface area contributed by atoms with Crippen molar-refractivity contribution in [3.63, 3.8) is 0 Å². The largest absolute Gasteiger partial charge is 0.493 e. The van der Waals surface area contributed by atoms with Crippen molar-refractivity contribution in [3.05, 3.63) is 75.9 Å². The van der Waals surface area contributed by atoms with Crippen molar-refractivity contribution in [2.75, 3.05) is 32.4 Å². The van der Waals surface area contributed by atoms with Gasteiger partial charge in [-0.05, 0) is 77.8 Å². The van der Waals surface area contributed by atoms with Gasteiger partial charge in [-0.3, -0.25) is 4.79 Å². The number of hydrogen-bond donors (Lipinski definition) is 2. The fourth-order valence-electron chi connectivity index (χ4n) is 4.57. The van der Waals surface area contributed by atoms with Crippen LogP contribution in [0.2, 0.25) is 0 Å². The Morgan fingerprint density at radius 3 is 2.44 bits per heavy atom. The lowest BCUT2D eigenvalue weighted by Crippen LogP contribution is -2.32. The maximum absolute atomic E-state index is 13.2. The Balaban J connectivity index is 1.88. The number of hydrogen-bond acceptors (Lipinski definition) is 6. The lowest BCUT2D eigenvalue weighted by Gasteiger charge is -2.21. The van der Waals surface area contributed by atoms with Crippen molar-refractivity contribution in [2.24, 2.45) is 0 Å². The first-order valence-electron chi connectivity index (χ1n) is 11.8. The van der Waals surface area contributed by atoms with Gasteiger partial charge in [0.05, 0.1) is 32.3 Å². The summed E-state index contributed by atoms with van der Waals surface area (Å²) in [6.07, 6.45) is 1.44. The fraction of sp³-hybridized carbons (Fsp3) is 0.286. The SMILES string of the molecule is CCSc1ccc2c(cc1=O)[C@H](NC(=S)Nc1ccccc1)CCc1cc(OC)c(OC)c(OC)c1-2. The van der Waals surface area contributed by atoms with Crippen LogP contribution in [0.1, 0.15) is 30.5 Å². The number of thiocarbonyl (C=S) groups is 1. The standard InChI is InChI=1S/C28H30N2O4S2/c1-5-36-24-14-12-19-20(16-22(24)31)21(30-28(35)29-18-9-7-6-8-10-18)13-11-17-15-23(32-2)26(33-3)27(34-4)25(17)19/h6-10,12,14-16,21H,5,11,13H2,1-4H3,(H2,29,30,35)/t21-/m1/s1. The summed E-state index contributed by atoms with van der Waals surface area (Å²) in [7, 11) is 4.83. The average Bonchev–Trinajstić information content (AvgIpc) is 3.13. The minimum atomic E-state index is -0.197. The number of thioether (sulfide) groups is 1. The Morgan fingerprint density at radius 1 is 1.03 bits per heavy atom. The van der Waals surface area contributed by atoms with Crippen LogP contribution in [0, 0.1) is 0 Å². The van der Waals surface area contributed by atoms with Crippen LogP contribution in [0.15, 0.2) is 64.3 Å². The topological polar surface area (TPSA) is 68.8 Å². The summed E-state index contributed by atoms with van der Waals surface area (Å²) in [6.45, 7) is 2.04. The molecule has 8 heteroatoms. The van der Waals surface area contributed by atoms with Crippen LogP contribution in [0.4, 0.5) is 5.69 Å². The highest BCUT2D eigenvalue weighted by molar-refractivity contribution is 7.99. The lowest BCUT2D eigenvalue weighted by molar-refractivity contribution is 0.324. The molecule has 36 heavy (non-hydrogen) atoms. The predicted octanol–water partition coefficient (Wildman–Crippen LogP) is 5.83. The van der Waals surface area contributed by atoms with Gasteiger partial charge in [-0.2, -0.15) is 0 Å². The highest BCUT2D eigenvalue weighted by Crippen LogP contribution is 2.50. The zero-order chi connectivity index (χ0) is 25.7. The fourth-order valence-corrected chi connectivity index (χ4v) is 5.51.